The number of hydrogen-bond acceptors (Lipinski definition) is 5. The molecule has 35 heavy (non-hydrogen) atoms. The Hall–Kier alpha value is -3.12. The van der Waals surface area contributed by atoms with Crippen molar-refractivity contribution in [1.82, 2.24) is 9.80 Å². The van der Waals surface area contributed by atoms with E-state index in [-0.39, 0.29) is 0 Å². The SMILES string of the molecule is Cc1ccc(-c2ccc3oc(CN4CCCN(CC(O)COc5ccccc5)CC4)cc3c2)cc1. The number of fused-ring (bicyclic) bond motifs is 1. The number of furan rings is 1. The molecule has 1 fully saturated rings. The zero-order chi connectivity index (χ0) is 24.0. The maximum Gasteiger partial charge on any atom is 0.134 e. The van der Waals surface area contributed by atoms with E-state index in [0.717, 1.165) is 61.6 Å². The molecule has 1 aliphatic heterocycles. The maximum absolute atomic E-state index is 10.5. The van der Waals surface area contributed by atoms with Crippen molar-refractivity contribution in [3.63, 3.8) is 0 Å². The number of nitrogens with zero attached hydrogens (tertiary/aromatic N) is 2. The molecule has 1 unspecified atom stereocenters. The summed E-state index contributed by atoms with van der Waals surface area (Å²) in [5, 5.41) is 11.6. The number of aliphatic hydroxyl groups is 1. The van der Waals surface area contributed by atoms with Gasteiger partial charge in [-0.05, 0) is 67.9 Å². The second-order valence-electron chi connectivity index (χ2n) is 9.54. The Kier molecular flexibility index (Phi) is 7.48. The Morgan fingerprint density at radius 1 is 0.857 bits per heavy atom. The number of benzene rings is 3. The quantitative estimate of drug-likeness (QED) is 0.376. The lowest BCUT2D eigenvalue weighted by Gasteiger charge is -2.23. The number of hydrogen-bond donors (Lipinski definition) is 1. The van der Waals surface area contributed by atoms with Crippen LogP contribution in [0.25, 0.3) is 22.1 Å². The summed E-state index contributed by atoms with van der Waals surface area (Å²) in [5.41, 5.74) is 4.65. The van der Waals surface area contributed by atoms with Crippen molar-refractivity contribution in [2.75, 3.05) is 39.3 Å². The fourth-order valence-electron chi connectivity index (χ4n) is 4.75. The average Bonchev–Trinajstić information content (AvgIpc) is 3.15. The monoisotopic (exact) mass is 470 g/mol. The minimum Gasteiger partial charge on any atom is -0.491 e. The molecule has 4 aromatic rings. The van der Waals surface area contributed by atoms with Crippen LogP contribution in [0.15, 0.2) is 83.3 Å². The molecule has 0 aliphatic carbocycles. The van der Waals surface area contributed by atoms with Crippen molar-refractivity contribution in [2.24, 2.45) is 0 Å². The van der Waals surface area contributed by atoms with Crippen LogP contribution in [-0.2, 0) is 6.54 Å². The molecule has 182 valence electrons. The Morgan fingerprint density at radius 3 is 2.43 bits per heavy atom. The van der Waals surface area contributed by atoms with Gasteiger partial charge in [-0.3, -0.25) is 9.80 Å². The third-order valence-electron chi connectivity index (χ3n) is 6.67. The van der Waals surface area contributed by atoms with Gasteiger partial charge in [-0.15, -0.1) is 0 Å². The summed E-state index contributed by atoms with van der Waals surface area (Å²) < 4.78 is 11.9. The molecule has 0 bridgehead atoms. The first-order valence-corrected chi connectivity index (χ1v) is 12.5. The van der Waals surface area contributed by atoms with Crippen molar-refractivity contribution >= 4 is 11.0 Å². The van der Waals surface area contributed by atoms with Gasteiger partial charge in [0.05, 0.1) is 6.54 Å². The molecule has 0 amide bonds. The predicted octanol–water partition coefficient (Wildman–Crippen LogP) is 5.36. The zero-order valence-corrected chi connectivity index (χ0v) is 20.4. The molecule has 0 saturated carbocycles. The van der Waals surface area contributed by atoms with E-state index < -0.39 is 6.10 Å². The van der Waals surface area contributed by atoms with Gasteiger partial charge in [0.15, 0.2) is 0 Å². The van der Waals surface area contributed by atoms with Crippen LogP contribution in [-0.4, -0.2) is 60.3 Å². The van der Waals surface area contributed by atoms with Crippen molar-refractivity contribution in [2.45, 2.75) is 26.0 Å². The highest BCUT2D eigenvalue weighted by atomic mass is 16.5. The molecule has 1 atom stereocenters. The van der Waals surface area contributed by atoms with Crippen LogP contribution in [0.5, 0.6) is 5.75 Å². The van der Waals surface area contributed by atoms with Crippen LogP contribution >= 0.6 is 0 Å². The summed E-state index contributed by atoms with van der Waals surface area (Å²) in [5.74, 6) is 1.80. The number of β-amino-alcohol motifs (C(OH)–C–C–N with tert-alkyl or cyclic N) is 1. The Morgan fingerprint density at radius 2 is 1.60 bits per heavy atom. The fourth-order valence-corrected chi connectivity index (χ4v) is 4.75. The van der Waals surface area contributed by atoms with Crippen molar-refractivity contribution in [1.29, 1.82) is 0 Å². The average molecular weight is 471 g/mol. The van der Waals surface area contributed by atoms with Gasteiger partial charge in [0.1, 0.15) is 29.8 Å². The van der Waals surface area contributed by atoms with Crippen LogP contribution in [0.4, 0.5) is 0 Å². The van der Waals surface area contributed by atoms with E-state index in [9.17, 15) is 5.11 Å². The number of aryl methyl sites for hydroxylation is 1. The lowest BCUT2D eigenvalue weighted by atomic mass is 10.0. The molecule has 3 aromatic carbocycles. The van der Waals surface area contributed by atoms with E-state index in [2.05, 4.69) is 65.3 Å². The Balaban J connectivity index is 1.14. The van der Waals surface area contributed by atoms with Crippen LogP contribution < -0.4 is 4.74 Å². The lowest BCUT2D eigenvalue weighted by molar-refractivity contribution is 0.0692. The van der Waals surface area contributed by atoms with Crippen molar-refractivity contribution in [3.8, 4) is 16.9 Å². The molecular weight excluding hydrogens is 436 g/mol. The van der Waals surface area contributed by atoms with E-state index in [1.54, 1.807) is 0 Å². The number of aliphatic hydroxyl groups excluding tert-OH is 1. The summed E-state index contributed by atoms with van der Waals surface area (Å²) >= 11 is 0. The van der Waals surface area contributed by atoms with Crippen LogP contribution in [0.1, 0.15) is 17.7 Å². The van der Waals surface area contributed by atoms with Crippen LogP contribution in [0, 0.1) is 6.92 Å². The minimum atomic E-state index is -0.500. The third kappa shape index (κ3) is 6.31. The first-order valence-electron chi connectivity index (χ1n) is 12.5. The Labute approximate surface area is 207 Å². The summed E-state index contributed by atoms with van der Waals surface area (Å²) in [4.78, 5) is 4.79. The van der Waals surface area contributed by atoms with E-state index in [4.69, 9.17) is 9.15 Å². The summed E-state index contributed by atoms with van der Waals surface area (Å²) in [7, 11) is 0. The fraction of sp³-hybridized carbons (Fsp3) is 0.333. The summed E-state index contributed by atoms with van der Waals surface area (Å²) in [6.45, 7) is 7.76. The Bertz CT molecular complexity index is 1220. The van der Waals surface area contributed by atoms with Crippen molar-refractivity contribution < 1.29 is 14.3 Å². The molecule has 1 N–H and O–H groups in total. The van der Waals surface area contributed by atoms with Gasteiger partial charge in [0, 0.05) is 25.0 Å². The second-order valence-corrected chi connectivity index (χ2v) is 9.54. The lowest BCUT2D eigenvalue weighted by Crippen LogP contribution is -2.38. The van der Waals surface area contributed by atoms with E-state index in [1.807, 2.05) is 30.3 Å². The van der Waals surface area contributed by atoms with Crippen molar-refractivity contribution in [3.05, 3.63) is 90.2 Å². The molecule has 5 rings (SSSR count). The number of para-hydroxylation sites is 1. The predicted molar refractivity (Wildman–Crippen MR) is 141 cm³/mol. The van der Waals surface area contributed by atoms with Gasteiger partial charge in [-0.25, -0.2) is 0 Å². The van der Waals surface area contributed by atoms with Gasteiger partial charge < -0.3 is 14.3 Å². The van der Waals surface area contributed by atoms with Gasteiger partial charge in [0.2, 0.25) is 0 Å². The highest BCUT2D eigenvalue weighted by molar-refractivity contribution is 5.84. The highest BCUT2D eigenvalue weighted by Crippen LogP contribution is 2.27. The standard InChI is InChI=1S/C30H34N2O3/c1-23-8-10-24(11-9-23)25-12-13-30-26(18-25)19-29(35-30)21-32-15-5-14-31(16-17-32)20-27(33)22-34-28-6-3-2-4-7-28/h2-4,6-13,18-19,27,33H,5,14-17,20-22H2,1H3. The first-order chi connectivity index (χ1) is 17.1. The van der Waals surface area contributed by atoms with Gasteiger partial charge in [0.25, 0.3) is 0 Å². The first kappa shape index (κ1) is 23.6. The molecule has 0 radical (unpaired) electrons. The molecule has 0 spiro atoms. The van der Waals surface area contributed by atoms with Crippen LogP contribution in [0.3, 0.4) is 0 Å². The van der Waals surface area contributed by atoms with Gasteiger partial charge >= 0.3 is 0 Å². The maximum atomic E-state index is 10.5. The molecule has 1 aromatic heterocycles. The van der Waals surface area contributed by atoms with E-state index >= 15 is 0 Å². The number of rotatable bonds is 8. The largest absolute Gasteiger partial charge is 0.491 e. The molecule has 5 nitrogen and oxygen atoms in total. The smallest absolute Gasteiger partial charge is 0.134 e. The normalized spacial score (nSPS) is 16.3. The summed E-state index contributed by atoms with van der Waals surface area (Å²) in [6.07, 6.45) is 0.573. The van der Waals surface area contributed by atoms with E-state index in [1.165, 1.54) is 16.7 Å². The van der Waals surface area contributed by atoms with E-state index in [0.29, 0.717) is 13.2 Å². The third-order valence-corrected chi connectivity index (χ3v) is 6.67. The highest BCUT2D eigenvalue weighted by Gasteiger charge is 2.19. The van der Waals surface area contributed by atoms with Gasteiger partial charge in [-0.2, -0.15) is 0 Å². The number of ether oxygens (including phenoxy) is 1. The molecular formula is C30H34N2O3. The molecule has 1 saturated heterocycles. The molecule has 1 aliphatic rings. The summed E-state index contributed by atoms with van der Waals surface area (Å²) in [6, 6.07) is 26.9. The molecule has 5 heteroatoms. The van der Waals surface area contributed by atoms with Crippen LogP contribution in [0.2, 0.25) is 0 Å². The topological polar surface area (TPSA) is 49.1 Å². The second kappa shape index (κ2) is 11.1. The minimum absolute atomic E-state index is 0.313. The van der Waals surface area contributed by atoms with Gasteiger partial charge in [-0.1, -0.05) is 54.1 Å². The zero-order valence-electron chi connectivity index (χ0n) is 20.4. The molecule has 2 heterocycles.